The Morgan fingerprint density at radius 3 is 2.65 bits per heavy atom. The Balaban J connectivity index is 2.09. The molecule has 1 heterocycles. The first kappa shape index (κ1) is 17.0. The van der Waals surface area contributed by atoms with Gasteiger partial charge in [0.15, 0.2) is 6.10 Å². The molecule has 23 heavy (non-hydrogen) atoms. The maximum Gasteiger partial charge on any atom is 0.416 e. The number of carbonyl (C=O) groups is 1. The van der Waals surface area contributed by atoms with Crippen LogP contribution in [0, 0.1) is 10.1 Å². The number of benzene rings is 1. The number of ether oxygens (including phenoxy) is 2. The van der Waals surface area contributed by atoms with E-state index in [1.165, 1.54) is 0 Å². The van der Waals surface area contributed by atoms with Gasteiger partial charge in [0, 0.05) is 6.07 Å². The zero-order valence-corrected chi connectivity index (χ0v) is 11.6. The summed E-state index contributed by atoms with van der Waals surface area (Å²) in [7, 11) is 0. The molecular formula is C12H12F3N3O5. The average molecular weight is 335 g/mol. The molecular weight excluding hydrogens is 323 g/mol. The standard InChI is InChI=1S/C12H12F3N3O5/c13-12(14,15)7-1-2-8(9(5-7)18(20)21)16-17-11(19)10-6-22-3-4-23-10/h1-2,5,10,16H,3-4,6H2,(H,17,19)/t10-/m1/s1. The Morgan fingerprint density at radius 2 is 2.09 bits per heavy atom. The van der Waals surface area contributed by atoms with E-state index in [1.54, 1.807) is 0 Å². The minimum atomic E-state index is -4.71. The van der Waals surface area contributed by atoms with E-state index in [0.717, 1.165) is 6.07 Å². The van der Waals surface area contributed by atoms with Crippen LogP contribution in [0.25, 0.3) is 0 Å². The number of nitro groups is 1. The Kier molecular flexibility index (Phi) is 5.01. The first-order valence-electron chi connectivity index (χ1n) is 6.40. The third-order valence-corrected chi connectivity index (χ3v) is 2.95. The van der Waals surface area contributed by atoms with E-state index in [-0.39, 0.29) is 18.9 Å². The van der Waals surface area contributed by atoms with Crippen LogP contribution in [0.1, 0.15) is 5.56 Å². The van der Waals surface area contributed by atoms with Crippen molar-refractivity contribution in [1.82, 2.24) is 5.43 Å². The van der Waals surface area contributed by atoms with Gasteiger partial charge in [0.2, 0.25) is 0 Å². The predicted octanol–water partition coefficient (Wildman–Crippen LogP) is 1.47. The molecule has 11 heteroatoms. The molecule has 0 radical (unpaired) electrons. The lowest BCUT2D eigenvalue weighted by atomic mass is 10.1. The second-order valence-electron chi connectivity index (χ2n) is 4.54. The summed E-state index contributed by atoms with van der Waals surface area (Å²) in [5.41, 5.74) is 2.10. The smallest absolute Gasteiger partial charge is 0.376 e. The van der Waals surface area contributed by atoms with Gasteiger partial charge >= 0.3 is 6.18 Å². The highest BCUT2D eigenvalue weighted by molar-refractivity contribution is 5.82. The zero-order chi connectivity index (χ0) is 17.0. The quantitative estimate of drug-likeness (QED) is 0.638. The Labute approximate surface area is 127 Å². The van der Waals surface area contributed by atoms with E-state index in [0.29, 0.717) is 18.7 Å². The third kappa shape index (κ3) is 4.29. The van der Waals surface area contributed by atoms with E-state index < -0.39 is 34.4 Å². The number of nitrogens with zero attached hydrogens (tertiary/aromatic N) is 1. The summed E-state index contributed by atoms with van der Waals surface area (Å²) >= 11 is 0. The Morgan fingerprint density at radius 1 is 1.35 bits per heavy atom. The van der Waals surface area contributed by atoms with E-state index in [9.17, 15) is 28.1 Å². The van der Waals surface area contributed by atoms with Crippen LogP contribution in [0.4, 0.5) is 24.5 Å². The molecule has 1 aliphatic rings. The summed E-state index contributed by atoms with van der Waals surface area (Å²) in [6, 6.07) is 1.91. The van der Waals surface area contributed by atoms with Crippen LogP contribution in [-0.2, 0) is 20.4 Å². The molecule has 1 aromatic carbocycles. The van der Waals surface area contributed by atoms with Gasteiger partial charge in [-0.2, -0.15) is 13.2 Å². The predicted molar refractivity (Wildman–Crippen MR) is 70.4 cm³/mol. The SMILES string of the molecule is O=C(NNc1ccc(C(F)(F)F)cc1[N+](=O)[O-])[C@H]1COCCO1. The van der Waals surface area contributed by atoms with Gasteiger partial charge < -0.3 is 9.47 Å². The largest absolute Gasteiger partial charge is 0.416 e. The molecule has 8 nitrogen and oxygen atoms in total. The highest BCUT2D eigenvalue weighted by Crippen LogP contribution is 2.34. The molecule has 1 amide bonds. The number of rotatable bonds is 4. The summed E-state index contributed by atoms with van der Waals surface area (Å²) in [6.45, 7) is 0.586. The summed E-state index contributed by atoms with van der Waals surface area (Å²) < 4.78 is 47.9. The fourth-order valence-corrected chi connectivity index (χ4v) is 1.81. The molecule has 2 N–H and O–H groups in total. The van der Waals surface area contributed by atoms with Gasteiger partial charge in [-0.1, -0.05) is 0 Å². The normalized spacial score (nSPS) is 18.3. The van der Waals surface area contributed by atoms with Gasteiger partial charge in [0.05, 0.1) is 30.3 Å². The van der Waals surface area contributed by atoms with E-state index in [1.807, 2.05) is 0 Å². The van der Waals surface area contributed by atoms with Crippen molar-refractivity contribution in [2.75, 3.05) is 25.2 Å². The fraction of sp³-hybridized carbons (Fsp3) is 0.417. The van der Waals surface area contributed by atoms with Crippen molar-refractivity contribution in [2.24, 2.45) is 0 Å². The number of nitro benzene ring substituents is 1. The number of anilines is 1. The van der Waals surface area contributed by atoms with Crippen LogP contribution >= 0.6 is 0 Å². The van der Waals surface area contributed by atoms with Gasteiger partial charge in [-0.15, -0.1) is 0 Å². The third-order valence-electron chi connectivity index (χ3n) is 2.95. The van der Waals surface area contributed by atoms with Crippen LogP contribution in [-0.4, -0.2) is 36.8 Å². The average Bonchev–Trinajstić information content (AvgIpc) is 2.52. The van der Waals surface area contributed by atoms with Crippen molar-refractivity contribution in [3.63, 3.8) is 0 Å². The van der Waals surface area contributed by atoms with Crippen LogP contribution in [0.2, 0.25) is 0 Å². The monoisotopic (exact) mass is 335 g/mol. The first-order valence-corrected chi connectivity index (χ1v) is 6.40. The van der Waals surface area contributed by atoms with Crippen LogP contribution in [0.15, 0.2) is 18.2 Å². The second-order valence-corrected chi connectivity index (χ2v) is 4.54. The van der Waals surface area contributed by atoms with Crippen molar-refractivity contribution in [3.05, 3.63) is 33.9 Å². The van der Waals surface area contributed by atoms with Gasteiger partial charge in [0.1, 0.15) is 5.69 Å². The summed E-state index contributed by atoms with van der Waals surface area (Å²) in [4.78, 5) is 21.7. The molecule has 1 atom stereocenters. The zero-order valence-electron chi connectivity index (χ0n) is 11.6. The van der Waals surface area contributed by atoms with Crippen molar-refractivity contribution in [3.8, 4) is 0 Å². The first-order chi connectivity index (χ1) is 10.8. The molecule has 0 aliphatic carbocycles. The molecule has 1 saturated heterocycles. The number of hydrogen-bond acceptors (Lipinski definition) is 6. The molecule has 2 rings (SSSR count). The van der Waals surface area contributed by atoms with Gasteiger partial charge in [-0.25, -0.2) is 0 Å². The topological polar surface area (TPSA) is 103 Å². The van der Waals surface area contributed by atoms with Crippen molar-refractivity contribution in [2.45, 2.75) is 12.3 Å². The maximum atomic E-state index is 12.6. The number of hydrazine groups is 1. The number of carbonyl (C=O) groups excluding carboxylic acids is 1. The summed E-state index contributed by atoms with van der Waals surface area (Å²) in [5.74, 6) is -0.654. The van der Waals surface area contributed by atoms with Crippen LogP contribution in [0.5, 0.6) is 0 Å². The molecule has 0 bridgehead atoms. The fourth-order valence-electron chi connectivity index (χ4n) is 1.81. The Bertz CT molecular complexity index is 602. The maximum absolute atomic E-state index is 12.6. The number of nitrogens with one attached hydrogen (secondary N) is 2. The van der Waals surface area contributed by atoms with Crippen molar-refractivity contribution in [1.29, 1.82) is 0 Å². The number of alkyl halides is 3. The highest BCUT2D eigenvalue weighted by atomic mass is 19.4. The van der Waals surface area contributed by atoms with Gasteiger partial charge in [-0.3, -0.25) is 25.8 Å². The highest BCUT2D eigenvalue weighted by Gasteiger charge is 2.33. The molecule has 1 aliphatic heterocycles. The van der Waals surface area contributed by atoms with E-state index >= 15 is 0 Å². The summed E-state index contributed by atoms with van der Waals surface area (Å²) in [5, 5.41) is 10.9. The number of hydrogen-bond donors (Lipinski definition) is 2. The van der Waals surface area contributed by atoms with Crippen molar-refractivity contribution >= 4 is 17.3 Å². The van der Waals surface area contributed by atoms with E-state index in [4.69, 9.17) is 9.47 Å². The number of halogens is 3. The molecule has 126 valence electrons. The van der Waals surface area contributed by atoms with Gasteiger partial charge in [0.25, 0.3) is 11.6 Å². The van der Waals surface area contributed by atoms with Crippen LogP contribution < -0.4 is 10.9 Å². The molecule has 0 spiro atoms. The minimum Gasteiger partial charge on any atom is -0.376 e. The lowest BCUT2D eigenvalue weighted by Gasteiger charge is -2.22. The molecule has 1 aromatic rings. The van der Waals surface area contributed by atoms with E-state index in [2.05, 4.69) is 10.9 Å². The lowest BCUT2D eigenvalue weighted by molar-refractivity contribution is -0.384. The molecule has 0 aromatic heterocycles. The summed E-state index contributed by atoms with van der Waals surface area (Å²) in [6.07, 6.45) is -5.61. The molecule has 0 unspecified atom stereocenters. The lowest BCUT2D eigenvalue weighted by Crippen LogP contribution is -2.44. The number of amides is 1. The molecule has 0 saturated carbocycles. The van der Waals surface area contributed by atoms with Crippen molar-refractivity contribution < 1.29 is 32.4 Å². The van der Waals surface area contributed by atoms with Gasteiger partial charge in [-0.05, 0) is 12.1 Å². The van der Waals surface area contributed by atoms with Crippen LogP contribution in [0.3, 0.4) is 0 Å². The molecule has 1 fully saturated rings. The minimum absolute atomic E-state index is 0.0165. The second kappa shape index (κ2) is 6.79. The Hall–Kier alpha value is -2.40.